The number of amides is 1. The van der Waals surface area contributed by atoms with E-state index in [9.17, 15) is 9.59 Å². The van der Waals surface area contributed by atoms with Crippen molar-refractivity contribution in [3.63, 3.8) is 0 Å². The lowest BCUT2D eigenvalue weighted by atomic mass is 9.80. The highest BCUT2D eigenvalue weighted by atomic mass is 32.1. The zero-order chi connectivity index (χ0) is 13.1. The quantitative estimate of drug-likeness (QED) is 0.539. The molecule has 1 aromatic heterocycles. The molecule has 0 saturated carbocycles. The summed E-state index contributed by atoms with van der Waals surface area (Å²) in [5.74, 6) is -0.469. The molecule has 2 aromatic rings. The number of aromatic nitrogens is 2. The third-order valence-corrected chi connectivity index (χ3v) is 3.77. The van der Waals surface area contributed by atoms with Crippen molar-refractivity contribution in [2.24, 2.45) is 0 Å². The van der Waals surface area contributed by atoms with Crippen molar-refractivity contribution in [3.05, 3.63) is 17.7 Å². The maximum absolute atomic E-state index is 12.0. The van der Waals surface area contributed by atoms with Crippen LogP contribution in [0.2, 0.25) is 0 Å². The monoisotopic (exact) mass is 261 g/mol. The number of imidazole rings is 1. The van der Waals surface area contributed by atoms with Gasteiger partial charge in [-0.2, -0.15) is 0 Å². The number of anilines is 1. The van der Waals surface area contributed by atoms with Gasteiger partial charge in [-0.1, -0.05) is 0 Å². The Morgan fingerprint density at radius 2 is 2.17 bits per heavy atom. The zero-order valence-electron chi connectivity index (χ0n) is 9.87. The number of nitrogens with zero attached hydrogens (tertiary/aromatic N) is 1. The van der Waals surface area contributed by atoms with E-state index >= 15 is 0 Å². The van der Waals surface area contributed by atoms with Gasteiger partial charge in [-0.3, -0.25) is 9.59 Å². The van der Waals surface area contributed by atoms with Crippen LogP contribution in [0, 0.1) is 0 Å². The van der Waals surface area contributed by atoms with Crippen LogP contribution in [0.5, 0.6) is 0 Å². The lowest BCUT2D eigenvalue weighted by molar-refractivity contribution is -0.130. The highest BCUT2D eigenvalue weighted by Crippen LogP contribution is 2.40. The molecule has 0 bridgehead atoms. The third-order valence-electron chi connectivity index (χ3n) is 3.55. The minimum absolute atomic E-state index is 0.181. The first kappa shape index (κ1) is 11.3. The Bertz CT molecular complexity index is 707. The first-order valence-electron chi connectivity index (χ1n) is 5.48. The number of fused-ring (bicyclic) bond motifs is 2. The predicted octanol–water partition coefficient (Wildman–Crippen LogP) is 1.65. The van der Waals surface area contributed by atoms with Gasteiger partial charge in [0.25, 0.3) is 0 Å². The number of H-pyrrole nitrogens is 1. The van der Waals surface area contributed by atoms with Crippen LogP contribution in [0.25, 0.3) is 11.0 Å². The summed E-state index contributed by atoms with van der Waals surface area (Å²) in [6.45, 7) is 3.06. The Morgan fingerprint density at radius 1 is 1.44 bits per heavy atom. The van der Waals surface area contributed by atoms with Crippen LogP contribution >= 0.6 is 12.6 Å². The van der Waals surface area contributed by atoms with E-state index < -0.39 is 5.41 Å². The summed E-state index contributed by atoms with van der Waals surface area (Å²) in [4.78, 5) is 30.9. The molecule has 18 heavy (non-hydrogen) atoms. The molecule has 1 atom stereocenters. The molecule has 5 nitrogen and oxygen atoms in total. The number of Topliss-reactive ketones (excluding diaryl/α,β-unsaturated/α-hetero) is 1. The molecule has 1 amide bonds. The molecule has 2 heterocycles. The number of benzene rings is 1. The largest absolute Gasteiger partial charge is 0.333 e. The normalized spacial score (nSPS) is 22.1. The second kappa shape index (κ2) is 3.35. The molecular weight excluding hydrogens is 250 g/mol. The molecule has 1 unspecified atom stereocenters. The third kappa shape index (κ3) is 1.26. The number of carbonyl (C=O) groups is 2. The first-order chi connectivity index (χ1) is 8.42. The highest BCUT2D eigenvalue weighted by molar-refractivity contribution is 7.80. The number of aromatic amines is 1. The van der Waals surface area contributed by atoms with Gasteiger partial charge in [-0.25, -0.2) is 4.98 Å². The summed E-state index contributed by atoms with van der Waals surface area (Å²) in [5.41, 5.74) is 1.68. The standard InChI is InChI=1S/C12H11N3O2S/c1-5(16)12(2)6-3-8-9(15-11(18)14-8)4-7(6)13-10(12)17/h3-4H,1-2H3,(H,13,17)(H2,14,15,18). The molecule has 0 radical (unpaired) electrons. The SMILES string of the molecule is CC(=O)C1(C)C(=O)Nc2cc3[nH]c(S)nc3cc21. The smallest absolute Gasteiger partial charge is 0.242 e. The van der Waals surface area contributed by atoms with E-state index in [0.29, 0.717) is 21.9 Å². The molecule has 92 valence electrons. The van der Waals surface area contributed by atoms with Crippen LogP contribution < -0.4 is 5.32 Å². The molecule has 3 rings (SSSR count). The molecule has 0 fully saturated rings. The molecule has 2 N–H and O–H groups in total. The molecule has 1 aromatic carbocycles. The van der Waals surface area contributed by atoms with Crippen molar-refractivity contribution < 1.29 is 9.59 Å². The van der Waals surface area contributed by atoms with Gasteiger partial charge >= 0.3 is 0 Å². The van der Waals surface area contributed by atoms with Crippen LogP contribution in [0.15, 0.2) is 17.3 Å². The summed E-state index contributed by atoms with van der Waals surface area (Å²) in [6, 6.07) is 3.55. The Morgan fingerprint density at radius 3 is 2.83 bits per heavy atom. The number of ketones is 1. The summed E-state index contributed by atoms with van der Waals surface area (Å²) < 4.78 is 0. The minimum atomic E-state index is -1.13. The predicted molar refractivity (Wildman–Crippen MR) is 70.0 cm³/mol. The van der Waals surface area contributed by atoms with Crippen molar-refractivity contribution in [1.29, 1.82) is 0 Å². The van der Waals surface area contributed by atoms with E-state index in [1.54, 1.807) is 19.1 Å². The Kier molecular flexibility index (Phi) is 2.10. The van der Waals surface area contributed by atoms with Crippen molar-refractivity contribution in [2.45, 2.75) is 24.4 Å². The zero-order valence-corrected chi connectivity index (χ0v) is 10.8. The van der Waals surface area contributed by atoms with Crippen LogP contribution in [0.4, 0.5) is 5.69 Å². The molecule has 0 saturated heterocycles. The number of nitrogens with one attached hydrogen (secondary N) is 2. The number of hydrogen-bond donors (Lipinski definition) is 3. The maximum atomic E-state index is 12.0. The molecule has 0 spiro atoms. The van der Waals surface area contributed by atoms with E-state index in [1.165, 1.54) is 6.92 Å². The van der Waals surface area contributed by atoms with E-state index in [0.717, 1.165) is 5.52 Å². The molecule has 1 aliphatic rings. The van der Waals surface area contributed by atoms with Gasteiger partial charge in [0, 0.05) is 11.3 Å². The topological polar surface area (TPSA) is 74.8 Å². The highest BCUT2D eigenvalue weighted by Gasteiger charge is 2.47. The molecule has 0 aliphatic carbocycles. The van der Waals surface area contributed by atoms with E-state index in [-0.39, 0.29) is 11.7 Å². The average Bonchev–Trinajstić information content (AvgIpc) is 2.75. The summed E-state index contributed by atoms with van der Waals surface area (Å²) >= 11 is 4.14. The van der Waals surface area contributed by atoms with Crippen molar-refractivity contribution in [1.82, 2.24) is 9.97 Å². The van der Waals surface area contributed by atoms with Crippen LogP contribution in [-0.2, 0) is 15.0 Å². The second-order valence-electron chi connectivity index (χ2n) is 4.61. The van der Waals surface area contributed by atoms with E-state index in [1.807, 2.05) is 0 Å². The number of carbonyl (C=O) groups excluding carboxylic acids is 2. The second-order valence-corrected chi connectivity index (χ2v) is 5.03. The van der Waals surface area contributed by atoms with Gasteiger partial charge in [0.05, 0.1) is 11.0 Å². The summed E-state index contributed by atoms with van der Waals surface area (Å²) in [6.07, 6.45) is 0. The number of thiol groups is 1. The van der Waals surface area contributed by atoms with E-state index in [4.69, 9.17) is 0 Å². The number of hydrogen-bond acceptors (Lipinski definition) is 4. The van der Waals surface area contributed by atoms with Crippen molar-refractivity contribution in [2.75, 3.05) is 5.32 Å². The molecular formula is C12H11N3O2S. The van der Waals surface area contributed by atoms with Crippen molar-refractivity contribution in [3.8, 4) is 0 Å². The molecule has 6 heteroatoms. The Hall–Kier alpha value is -1.82. The van der Waals surface area contributed by atoms with Crippen LogP contribution in [-0.4, -0.2) is 21.7 Å². The van der Waals surface area contributed by atoms with E-state index in [2.05, 4.69) is 27.9 Å². The van der Waals surface area contributed by atoms with Crippen molar-refractivity contribution >= 4 is 41.0 Å². The van der Waals surface area contributed by atoms with Gasteiger partial charge in [0.15, 0.2) is 5.16 Å². The first-order valence-corrected chi connectivity index (χ1v) is 5.93. The average molecular weight is 261 g/mol. The lowest BCUT2D eigenvalue weighted by Gasteiger charge is -2.17. The summed E-state index contributed by atoms with van der Waals surface area (Å²) in [5, 5.41) is 3.24. The van der Waals surface area contributed by atoms with Gasteiger partial charge in [-0.05, 0) is 26.0 Å². The summed E-state index contributed by atoms with van der Waals surface area (Å²) in [7, 11) is 0. The lowest BCUT2D eigenvalue weighted by Crippen LogP contribution is -2.37. The Balaban J connectivity index is 2.32. The van der Waals surface area contributed by atoms with Crippen LogP contribution in [0.3, 0.4) is 0 Å². The Labute approximate surface area is 108 Å². The van der Waals surface area contributed by atoms with Gasteiger partial charge in [0.2, 0.25) is 5.91 Å². The fourth-order valence-electron chi connectivity index (χ4n) is 2.28. The number of rotatable bonds is 1. The fourth-order valence-corrected chi connectivity index (χ4v) is 2.51. The van der Waals surface area contributed by atoms with Gasteiger partial charge < -0.3 is 10.3 Å². The molecule has 1 aliphatic heterocycles. The van der Waals surface area contributed by atoms with Gasteiger partial charge in [-0.15, -0.1) is 12.6 Å². The van der Waals surface area contributed by atoms with Gasteiger partial charge in [0.1, 0.15) is 11.2 Å². The maximum Gasteiger partial charge on any atom is 0.242 e. The fraction of sp³-hybridized carbons (Fsp3) is 0.250. The van der Waals surface area contributed by atoms with Crippen LogP contribution in [0.1, 0.15) is 19.4 Å². The minimum Gasteiger partial charge on any atom is -0.333 e.